The summed E-state index contributed by atoms with van der Waals surface area (Å²) in [5, 5.41) is 7.90. The van der Waals surface area contributed by atoms with E-state index in [1.165, 1.54) is 11.8 Å². The highest BCUT2D eigenvalue weighted by Gasteiger charge is 2.18. The van der Waals surface area contributed by atoms with E-state index in [2.05, 4.69) is 16.0 Å². The highest BCUT2D eigenvalue weighted by molar-refractivity contribution is 8.00. The Kier molecular flexibility index (Phi) is 10.3. The summed E-state index contributed by atoms with van der Waals surface area (Å²) in [5.74, 6) is -1.14. The lowest BCUT2D eigenvalue weighted by molar-refractivity contribution is -0.115. The van der Waals surface area contributed by atoms with E-state index in [0.29, 0.717) is 33.8 Å². The van der Waals surface area contributed by atoms with Gasteiger partial charge in [0.15, 0.2) is 0 Å². The molecule has 5 N–H and O–H groups in total. The largest absolute Gasteiger partial charge is 0.497 e. The fourth-order valence-corrected chi connectivity index (χ4v) is 4.83. The van der Waals surface area contributed by atoms with Crippen molar-refractivity contribution in [3.63, 3.8) is 0 Å². The SMILES string of the molecule is COc1cccc(/C=C(\NC(=O)c2ccccc2)C(=O)Nc2cccc(SC(C)C(=O)Nc3ccc(C(N)=O)cc3)c2)c1. The van der Waals surface area contributed by atoms with Crippen LogP contribution in [0.2, 0.25) is 0 Å². The molecule has 0 aliphatic heterocycles. The van der Waals surface area contributed by atoms with E-state index in [-0.39, 0.29) is 11.6 Å². The molecule has 0 spiro atoms. The van der Waals surface area contributed by atoms with Gasteiger partial charge in [0.25, 0.3) is 11.8 Å². The first-order valence-electron chi connectivity index (χ1n) is 13.2. The first kappa shape index (κ1) is 30.6. The fourth-order valence-electron chi connectivity index (χ4n) is 3.91. The zero-order valence-electron chi connectivity index (χ0n) is 23.5. The van der Waals surface area contributed by atoms with Gasteiger partial charge in [-0.3, -0.25) is 19.2 Å². The quantitative estimate of drug-likeness (QED) is 0.137. The molecule has 4 amide bonds. The minimum atomic E-state index is -0.546. The first-order valence-corrected chi connectivity index (χ1v) is 14.1. The molecule has 4 rings (SSSR count). The van der Waals surface area contributed by atoms with Crippen molar-refractivity contribution in [2.24, 2.45) is 5.73 Å². The second-order valence-electron chi connectivity index (χ2n) is 9.33. The zero-order valence-corrected chi connectivity index (χ0v) is 24.3. The molecular formula is C33H30N4O5S. The molecule has 43 heavy (non-hydrogen) atoms. The third-order valence-corrected chi connectivity index (χ3v) is 7.24. The molecule has 4 aromatic carbocycles. The van der Waals surface area contributed by atoms with Gasteiger partial charge in [-0.15, -0.1) is 11.8 Å². The number of anilines is 2. The number of benzene rings is 4. The molecular weight excluding hydrogens is 564 g/mol. The maximum absolute atomic E-state index is 13.4. The maximum Gasteiger partial charge on any atom is 0.272 e. The Bertz CT molecular complexity index is 1660. The summed E-state index contributed by atoms with van der Waals surface area (Å²) in [7, 11) is 1.55. The molecule has 0 aromatic heterocycles. The van der Waals surface area contributed by atoms with Gasteiger partial charge in [0, 0.05) is 27.4 Å². The van der Waals surface area contributed by atoms with Crippen molar-refractivity contribution >= 4 is 52.8 Å². The third-order valence-electron chi connectivity index (χ3n) is 6.14. The molecule has 0 heterocycles. The number of ether oxygens (including phenoxy) is 1. The third kappa shape index (κ3) is 8.82. The number of rotatable bonds is 11. The molecule has 0 fully saturated rings. The molecule has 0 bridgehead atoms. The van der Waals surface area contributed by atoms with Crippen molar-refractivity contribution in [2.75, 3.05) is 17.7 Å². The number of hydrogen-bond donors (Lipinski definition) is 4. The number of nitrogens with two attached hydrogens (primary N) is 1. The summed E-state index contributed by atoms with van der Waals surface area (Å²) < 4.78 is 5.29. The van der Waals surface area contributed by atoms with Crippen molar-refractivity contribution < 1.29 is 23.9 Å². The highest BCUT2D eigenvalue weighted by atomic mass is 32.2. The van der Waals surface area contributed by atoms with Gasteiger partial charge in [0.2, 0.25) is 11.8 Å². The predicted octanol–water partition coefficient (Wildman–Crippen LogP) is 5.32. The average molecular weight is 595 g/mol. The summed E-state index contributed by atoms with van der Waals surface area (Å²) in [5.41, 5.74) is 7.73. The minimum absolute atomic E-state index is 0.0373. The van der Waals surface area contributed by atoms with E-state index >= 15 is 0 Å². The van der Waals surface area contributed by atoms with Gasteiger partial charge in [-0.2, -0.15) is 0 Å². The van der Waals surface area contributed by atoms with Crippen molar-refractivity contribution in [2.45, 2.75) is 17.1 Å². The van der Waals surface area contributed by atoms with Gasteiger partial charge < -0.3 is 26.4 Å². The number of hydrogen-bond acceptors (Lipinski definition) is 6. The van der Waals surface area contributed by atoms with E-state index in [0.717, 1.165) is 4.90 Å². The molecule has 1 unspecified atom stereocenters. The van der Waals surface area contributed by atoms with Gasteiger partial charge in [0.05, 0.1) is 12.4 Å². The van der Waals surface area contributed by atoms with Crippen LogP contribution in [0.15, 0.2) is 114 Å². The summed E-state index contributed by atoms with van der Waals surface area (Å²) in [6.45, 7) is 1.76. The Morgan fingerprint density at radius 2 is 1.51 bits per heavy atom. The summed E-state index contributed by atoms with van der Waals surface area (Å²) in [4.78, 5) is 51.1. The van der Waals surface area contributed by atoms with Crippen molar-refractivity contribution in [1.82, 2.24) is 5.32 Å². The Labute approximate surface area is 253 Å². The Balaban J connectivity index is 1.47. The van der Waals surface area contributed by atoms with Crippen LogP contribution < -0.4 is 26.4 Å². The summed E-state index contributed by atoms with van der Waals surface area (Å²) in [6.07, 6.45) is 1.57. The monoisotopic (exact) mass is 594 g/mol. The number of amides is 4. The second-order valence-corrected chi connectivity index (χ2v) is 10.7. The van der Waals surface area contributed by atoms with Gasteiger partial charge in [-0.05, 0) is 85.3 Å². The van der Waals surface area contributed by atoms with Crippen LogP contribution in [-0.2, 0) is 9.59 Å². The molecule has 0 aliphatic carbocycles. The number of carbonyl (C=O) groups is 4. The molecule has 218 valence electrons. The maximum atomic E-state index is 13.4. The van der Waals surface area contributed by atoms with E-state index in [1.54, 1.807) is 117 Å². The Morgan fingerprint density at radius 3 is 2.21 bits per heavy atom. The van der Waals surface area contributed by atoms with Gasteiger partial charge >= 0.3 is 0 Å². The molecule has 4 aromatic rings. The topological polar surface area (TPSA) is 140 Å². The second kappa shape index (κ2) is 14.5. The summed E-state index contributed by atoms with van der Waals surface area (Å²) >= 11 is 1.31. The van der Waals surface area contributed by atoms with Crippen LogP contribution in [0.1, 0.15) is 33.2 Å². The normalized spacial score (nSPS) is 11.6. The Morgan fingerprint density at radius 1 is 0.791 bits per heavy atom. The Hall–Kier alpha value is -5.35. The number of thioether (sulfide) groups is 1. The lowest BCUT2D eigenvalue weighted by atomic mass is 10.1. The molecule has 0 saturated carbocycles. The number of nitrogens with one attached hydrogen (secondary N) is 3. The standard InChI is InChI=1S/C33H30N4O5S/c1-21(31(39)35-25-16-14-23(15-17-25)30(34)38)43-28-13-7-11-26(20-28)36-33(41)29(19-22-8-6-12-27(18-22)42-2)37-32(40)24-9-4-3-5-10-24/h3-21H,1-2H3,(H2,34,38)(H,35,39)(H,36,41)(H,37,40)/b29-19-. The molecule has 0 radical (unpaired) electrons. The molecule has 0 saturated heterocycles. The van der Waals surface area contributed by atoms with E-state index in [4.69, 9.17) is 10.5 Å². The van der Waals surface area contributed by atoms with Gasteiger partial charge in [-0.1, -0.05) is 36.4 Å². The van der Waals surface area contributed by atoms with Crippen LogP contribution in [0.25, 0.3) is 6.08 Å². The van der Waals surface area contributed by atoms with Crippen LogP contribution in [0.3, 0.4) is 0 Å². The van der Waals surface area contributed by atoms with E-state index in [1.807, 2.05) is 6.07 Å². The van der Waals surface area contributed by atoms with Crippen LogP contribution in [0, 0.1) is 0 Å². The molecule has 1 atom stereocenters. The van der Waals surface area contributed by atoms with Crippen LogP contribution >= 0.6 is 11.8 Å². The van der Waals surface area contributed by atoms with Crippen LogP contribution in [-0.4, -0.2) is 36.0 Å². The van der Waals surface area contributed by atoms with Crippen molar-refractivity contribution in [1.29, 1.82) is 0 Å². The minimum Gasteiger partial charge on any atom is -0.497 e. The number of methoxy groups -OCH3 is 1. The predicted molar refractivity (Wildman–Crippen MR) is 169 cm³/mol. The summed E-state index contributed by atoms with van der Waals surface area (Å²) in [6, 6.07) is 29.1. The smallest absolute Gasteiger partial charge is 0.272 e. The molecule has 10 heteroatoms. The van der Waals surface area contributed by atoms with Crippen molar-refractivity contribution in [3.8, 4) is 5.75 Å². The van der Waals surface area contributed by atoms with E-state index in [9.17, 15) is 19.2 Å². The lowest BCUT2D eigenvalue weighted by Crippen LogP contribution is -2.30. The van der Waals surface area contributed by atoms with Crippen molar-refractivity contribution in [3.05, 3.63) is 126 Å². The average Bonchev–Trinajstić information content (AvgIpc) is 3.01. The fraction of sp³-hybridized carbons (Fsp3) is 0.0909. The number of primary amides is 1. The highest BCUT2D eigenvalue weighted by Crippen LogP contribution is 2.27. The molecule has 0 aliphatic rings. The van der Waals surface area contributed by atoms with Crippen LogP contribution in [0.5, 0.6) is 5.75 Å². The van der Waals surface area contributed by atoms with Gasteiger partial charge in [-0.25, -0.2) is 0 Å². The lowest BCUT2D eigenvalue weighted by Gasteiger charge is -2.14. The van der Waals surface area contributed by atoms with E-state index < -0.39 is 23.0 Å². The number of carbonyl (C=O) groups excluding carboxylic acids is 4. The van der Waals surface area contributed by atoms with Gasteiger partial charge in [0.1, 0.15) is 11.4 Å². The van der Waals surface area contributed by atoms with Crippen LogP contribution in [0.4, 0.5) is 11.4 Å². The molecule has 9 nitrogen and oxygen atoms in total. The zero-order chi connectivity index (χ0) is 30.8. The first-order chi connectivity index (χ1) is 20.7.